The van der Waals surface area contributed by atoms with E-state index < -0.39 is 10.0 Å². The maximum atomic E-state index is 12.9. The predicted octanol–water partition coefficient (Wildman–Crippen LogP) is 0.907. The van der Waals surface area contributed by atoms with Gasteiger partial charge in [-0.1, -0.05) is 6.07 Å². The SMILES string of the molecule is CC(N)C1CCCN(C(=O)c2cccc(S(=O)(=O)N3CCOCC3)c2)C1. The summed E-state index contributed by atoms with van der Waals surface area (Å²) in [5, 5.41) is 0. The highest BCUT2D eigenvalue weighted by molar-refractivity contribution is 7.89. The molecular weight excluding hydrogens is 354 g/mol. The number of ether oxygens (including phenoxy) is 1. The van der Waals surface area contributed by atoms with Gasteiger partial charge in [-0.3, -0.25) is 4.79 Å². The molecule has 0 radical (unpaired) electrons. The Kier molecular flexibility index (Phi) is 5.96. The van der Waals surface area contributed by atoms with Crippen molar-refractivity contribution in [1.82, 2.24) is 9.21 Å². The molecule has 2 saturated heterocycles. The van der Waals surface area contributed by atoms with Crippen LogP contribution in [0, 0.1) is 5.92 Å². The first-order valence-corrected chi connectivity index (χ1v) is 10.6. The number of morpholine rings is 1. The average molecular weight is 381 g/mol. The number of rotatable bonds is 4. The number of hydrogen-bond acceptors (Lipinski definition) is 5. The van der Waals surface area contributed by atoms with Crippen LogP contribution in [-0.2, 0) is 14.8 Å². The zero-order chi connectivity index (χ0) is 18.7. The summed E-state index contributed by atoms with van der Waals surface area (Å²) in [6.07, 6.45) is 1.94. The molecule has 2 fully saturated rings. The fourth-order valence-corrected chi connectivity index (χ4v) is 4.99. The molecule has 3 rings (SSSR count). The molecule has 1 aromatic carbocycles. The quantitative estimate of drug-likeness (QED) is 0.837. The number of benzene rings is 1. The summed E-state index contributed by atoms with van der Waals surface area (Å²) < 4.78 is 32.3. The van der Waals surface area contributed by atoms with Gasteiger partial charge < -0.3 is 15.4 Å². The fourth-order valence-electron chi connectivity index (χ4n) is 3.53. The average Bonchev–Trinajstić information content (AvgIpc) is 2.68. The van der Waals surface area contributed by atoms with Crippen molar-refractivity contribution in [1.29, 1.82) is 0 Å². The number of carbonyl (C=O) groups is 1. The predicted molar refractivity (Wildman–Crippen MR) is 98.3 cm³/mol. The minimum atomic E-state index is -3.61. The molecule has 7 nitrogen and oxygen atoms in total. The van der Waals surface area contributed by atoms with Gasteiger partial charge in [-0.05, 0) is 43.9 Å². The number of likely N-dealkylation sites (tertiary alicyclic amines) is 1. The number of amides is 1. The molecule has 8 heteroatoms. The zero-order valence-corrected chi connectivity index (χ0v) is 16.0. The van der Waals surface area contributed by atoms with Gasteiger partial charge in [-0.15, -0.1) is 0 Å². The van der Waals surface area contributed by atoms with Gasteiger partial charge in [0, 0.05) is 37.8 Å². The van der Waals surface area contributed by atoms with E-state index in [1.165, 1.54) is 10.4 Å². The second-order valence-corrected chi connectivity index (χ2v) is 8.99. The second-order valence-electron chi connectivity index (χ2n) is 7.06. The Labute approximate surface area is 155 Å². The molecule has 2 heterocycles. The van der Waals surface area contributed by atoms with Crippen LogP contribution in [0.2, 0.25) is 0 Å². The Morgan fingerprint density at radius 1 is 1.27 bits per heavy atom. The minimum absolute atomic E-state index is 0.0404. The van der Waals surface area contributed by atoms with Crippen molar-refractivity contribution in [2.75, 3.05) is 39.4 Å². The zero-order valence-electron chi connectivity index (χ0n) is 15.1. The molecule has 2 aliphatic heterocycles. The van der Waals surface area contributed by atoms with Crippen LogP contribution in [-0.4, -0.2) is 69.0 Å². The molecule has 2 unspecified atom stereocenters. The molecule has 0 saturated carbocycles. The highest BCUT2D eigenvalue weighted by atomic mass is 32.2. The monoisotopic (exact) mass is 381 g/mol. The van der Waals surface area contributed by atoms with Crippen molar-refractivity contribution in [3.63, 3.8) is 0 Å². The molecule has 2 N–H and O–H groups in total. The summed E-state index contributed by atoms with van der Waals surface area (Å²) >= 11 is 0. The summed E-state index contributed by atoms with van der Waals surface area (Å²) in [5.41, 5.74) is 6.41. The van der Waals surface area contributed by atoms with Crippen LogP contribution >= 0.6 is 0 Å². The van der Waals surface area contributed by atoms with Gasteiger partial charge in [-0.2, -0.15) is 4.31 Å². The summed E-state index contributed by atoms with van der Waals surface area (Å²) in [6.45, 7) is 4.73. The third-order valence-electron chi connectivity index (χ3n) is 5.18. The Hall–Kier alpha value is -1.48. The topological polar surface area (TPSA) is 92.9 Å². The third kappa shape index (κ3) is 4.09. The smallest absolute Gasteiger partial charge is 0.253 e. The van der Waals surface area contributed by atoms with Crippen LogP contribution in [0.4, 0.5) is 0 Å². The number of nitrogens with zero attached hydrogens (tertiary/aromatic N) is 2. The molecule has 1 amide bonds. The first-order valence-electron chi connectivity index (χ1n) is 9.12. The van der Waals surface area contributed by atoms with Crippen LogP contribution < -0.4 is 5.73 Å². The maximum absolute atomic E-state index is 12.9. The van der Waals surface area contributed by atoms with Crippen molar-refractivity contribution in [3.8, 4) is 0 Å². The molecule has 0 spiro atoms. The summed E-state index contributed by atoms with van der Waals surface area (Å²) in [6, 6.07) is 6.38. The minimum Gasteiger partial charge on any atom is -0.379 e. The molecule has 26 heavy (non-hydrogen) atoms. The highest BCUT2D eigenvalue weighted by Gasteiger charge is 2.29. The second kappa shape index (κ2) is 8.04. The Balaban J connectivity index is 1.79. The molecule has 144 valence electrons. The van der Waals surface area contributed by atoms with Gasteiger partial charge in [0.25, 0.3) is 5.91 Å². The van der Waals surface area contributed by atoms with E-state index in [-0.39, 0.29) is 22.8 Å². The van der Waals surface area contributed by atoms with Crippen molar-refractivity contribution < 1.29 is 17.9 Å². The van der Waals surface area contributed by atoms with Gasteiger partial charge in [0.05, 0.1) is 18.1 Å². The van der Waals surface area contributed by atoms with E-state index in [0.717, 1.165) is 12.8 Å². The molecule has 0 aromatic heterocycles. The molecule has 0 aliphatic carbocycles. The van der Waals surface area contributed by atoms with E-state index in [1.54, 1.807) is 23.1 Å². The van der Waals surface area contributed by atoms with E-state index >= 15 is 0 Å². The van der Waals surface area contributed by atoms with Gasteiger partial charge in [0.2, 0.25) is 10.0 Å². The van der Waals surface area contributed by atoms with Crippen LogP contribution in [0.25, 0.3) is 0 Å². The number of piperidine rings is 1. The van der Waals surface area contributed by atoms with E-state index in [2.05, 4.69) is 0 Å². The molecular formula is C18H27N3O4S. The van der Waals surface area contributed by atoms with Crippen LogP contribution in [0.5, 0.6) is 0 Å². The van der Waals surface area contributed by atoms with Crippen molar-refractivity contribution in [3.05, 3.63) is 29.8 Å². The van der Waals surface area contributed by atoms with Crippen LogP contribution in [0.1, 0.15) is 30.1 Å². The third-order valence-corrected chi connectivity index (χ3v) is 7.07. The number of nitrogens with two attached hydrogens (primary N) is 1. The molecule has 2 atom stereocenters. The number of carbonyl (C=O) groups excluding carboxylic acids is 1. The molecule has 1 aromatic rings. The molecule has 2 aliphatic rings. The lowest BCUT2D eigenvalue weighted by Gasteiger charge is -2.34. The first kappa shape index (κ1) is 19.3. The van der Waals surface area contributed by atoms with Crippen LogP contribution in [0.3, 0.4) is 0 Å². The van der Waals surface area contributed by atoms with Crippen LogP contribution in [0.15, 0.2) is 29.2 Å². The molecule has 0 bridgehead atoms. The maximum Gasteiger partial charge on any atom is 0.253 e. The van der Waals surface area contributed by atoms with Gasteiger partial charge in [0.15, 0.2) is 0 Å². The van der Waals surface area contributed by atoms with Gasteiger partial charge >= 0.3 is 0 Å². The van der Waals surface area contributed by atoms with E-state index in [0.29, 0.717) is 45.0 Å². The Bertz CT molecular complexity index is 745. The van der Waals surface area contributed by atoms with Crippen molar-refractivity contribution >= 4 is 15.9 Å². The standard InChI is InChI=1S/C18H27N3O4S/c1-14(19)16-5-3-7-20(13-16)18(22)15-4-2-6-17(12-15)26(23,24)21-8-10-25-11-9-21/h2,4,6,12,14,16H,3,5,7-11,13,19H2,1H3. The van der Waals surface area contributed by atoms with E-state index in [9.17, 15) is 13.2 Å². The Morgan fingerprint density at radius 3 is 2.69 bits per heavy atom. The first-order chi connectivity index (χ1) is 12.4. The highest BCUT2D eigenvalue weighted by Crippen LogP contribution is 2.23. The van der Waals surface area contributed by atoms with Gasteiger partial charge in [-0.25, -0.2) is 8.42 Å². The number of hydrogen-bond donors (Lipinski definition) is 1. The summed E-state index contributed by atoms with van der Waals surface area (Å²) in [5.74, 6) is 0.155. The lowest BCUT2D eigenvalue weighted by molar-refractivity contribution is 0.0660. The van der Waals surface area contributed by atoms with Gasteiger partial charge in [0.1, 0.15) is 0 Å². The largest absolute Gasteiger partial charge is 0.379 e. The Morgan fingerprint density at radius 2 is 2.00 bits per heavy atom. The normalized spacial score (nSPS) is 23.6. The van der Waals surface area contributed by atoms with E-state index in [1.807, 2.05) is 6.92 Å². The van der Waals surface area contributed by atoms with Crippen molar-refractivity contribution in [2.45, 2.75) is 30.7 Å². The number of sulfonamides is 1. The van der Waals surface area contributed by atoms with E-state index in [4.69, 9.17) is 10.5 Å². The summed E-state index contributed by atoms with van der Waals surface area (Å²) in [7, 11) is -3.61. The lowest BCUT2D eigenvalue weighted by Crippen LogP contribution is -2.45. The lowest BCUT2D eigenvalue weighted by atomic mass is 9.92. The van der Waals surface area contributed by atoms with Crippen molar-refractivity contribution in [2.24, 2.45) is 11.7 Å². The fraction of sp³-hybridized carbons (Fsp3) is 0.611. The summed E-state index contributed by atoms with van der Waals surface area (Å²) in [4.78, 5) is 14.8.